The second-order valence-corrected chi connectivity index (χ2v) is 11.6. The van der Waals surface area contributed by atoms with Crippen LogP contribution in [0.2, 0.25) is 0 Å². The van der Waals surface area contributed by atoms with E-state index in [2.05, 4.69) is 77.0 Å². The smallest absolute Gasteiger partial charge is 0.253 e. The van der Waals surface area contributed by atoms with Gasteiger partial charge in [-0.2, -0.15) is 0 Å². The zero-order valence-corrected chi connectivity index (χ0v) is 24.6. The highest BCUT2D eigenvalue weighted by molar-refractivity contribution is 6.09. The first-order valence-electron chi connectivity index (χ1n) is 14.0. The van der Waals surface area contributed by atoms with Crippen molar-refractivity contribution in [2.24, 2.45) is 0 Å². The number of nitrogens with one attached hydrogen (secondary N) is 2. The highest BCUT2D eigenvalue weighted by Gasteiger charge is 2.25. The van der Waals surface area contributed by atoms with E-state index in [4.69, 9.17) is 4.98 Å². The monoisotopic (exact) mass is 540 g/mol. The van der Waals surface area contributed by atoms with Crippen molar-refractivity contribution in [2.75, 3.05) is 32.1 Å². The van der Waals surface area contributed by atoms with Gasteiger partial charge in [0.2, 0.25) is 0 Å². The molecule has 8 nitrogen and oxygen atoms in total. The number of carbonyl (C=O) groups is 1. The topological polar surface area (TPSA) is 86.3 Å². The lowest BCUT2D eigenvalue weighted by Gasteiger charge is -2.21. The molecule has 0 aliphatic carbocycles. The molecule has 1 atom stereocenters. The number of likely N-dealkylation sites (N-methyl/N-ethyl adjacent to an activating group) is 1. The number of pyridine rings is 2. The van der Waals surface area contributed by atoms with Gasteiger partial charge in [0, 0.05) is 77.4 Å². The number of amides is 1. The van der Waals surface area contributed by atoms with E-state index in [1.165, 1.54) is 0 Å². The predicted octanol–water partition coefficient (Wildman–Crippen LogP) is 4.97. The molecule has 1 unspecified atom stereocenters. The average Bonchev–Trinajstić information content (AvgIpc) is 3.53. The molecular formula is C32H40N6O2. The summed E-state index contributed by atoms with van der Waals surface area (Å²) >= 11 is 0. The number of anilines is 1. The van der Waals surface area contributed by atoms with Crippen LogP contribution in [-0.2, 0) is 6.54 Å². The Bertz CT molecular complexity index is 1610. The summed E-state index contributed by atoms with van der Waals surface area (Å²) < 4.78 is 2.22. The van der Waals surface area contributed by atoms with Gasteiger partial charge in [0.25, 0.3) is 11.5 Å². The van der Waals surface area contributed by atoms with E-state index in [0.717, 1.165) is 64.2 Å². The molecule has 1 aliphatic heterocycles. The third kappa shape index (κ3) is 5.28. The molecule has 4 aromatic rings. The summed E-state index contributed by atoms with van der Waals surface area (Å²) in [6, 6.07) is 11.0. The maximum Gasteiger partial charge on any atom is 0.253 e. The van der Waals surface area contributed by atoms with Crippen molar-refractivity contribution in [2.45, 2.75) is 59.7 Å². The molecule has 0 spiro atoms. The first kappa shape index (κ1) is 27.6. The van der Waals surface area contributed by atoms with Crippen LogP contribution in [0.15, 0.2) is 47.5 Å². The van der Waals surface area contributed by atoms with Crippen molar-refractivity contribution in [3.8, 4) is 11.1 Å². The van der Waals surface area contributed by atoms with E-state index in [1.807, 2.05) is 39.1 Å². The number of nitrogens with zero attached hydrogens (tertiary/aromatic N) is 4. The van der Waals surface area contributed by atoms with E-state index >= 15 is 0 Å². The van der Waals surface area contributed by atoms with Crippen LogP contribution in [0.25, 0.3) is 22.0 Å². The Hall–Kier alpha value is -3.91. The Kier molecular flexibility index (Phi) is 7.55. The van der Waals surface area contributed by atoms with E-state index < -0.39 is 0 Å². The number of H-pyrrole nitrogens is 1. The van der Waals surface area contributed by atoms with Crippen molar-refractivity contribution in [3.05, 3.63) is 81.0 Å². The SMILES string of the molecule is Cc1cc(C)c(CNC(=O)c2cc(-c3ccc(N4CCC(N(C)C)C4)nc3)cc3c2c(C)cn3C(C)C)c(=O)[nH]1. The molecular weight excluding hydrogens is 500 g/mol. The summed E-state index contributed by atoms with van der Waals surface area (Å²) in [7, 11) is 4.26. The molecule has 3 aromatic heterocycles. The maximum atomic E-state index is 13.7. The quantitative estimate of drug-likeness (QED) is 0.346. The number of rotatable bonds is 7. The van der Waals surface area contributed by atoms with Crippen LogP contribution in [0.5, 0.6) is 0 Å². The standard InChI is InChI=1S/C32H40N6O2/c1-19(2)38-17-21(4)30-26(31(39)34-16-27-20(3)12-22(5)35-32(27)40)13-24(14-28(30)38)23-8-9-29(33-15-23)37-11-10-25(18-37)36(6)7/h8-9,12-15,17,19,25H,10-11,16,18H2,1-7H3,(H,34,39)(H,35,40). The van der Waals surface area contributed by atoms with Gasteiger partial charge in [-0.1, -0.05) is 0 Å². The van der Waals surface area contributed by atoms with Crippen LogP contribution >= 0.6 is 0 Å². The summed E-state index contributed by atoms with van der Waals surface area (Å²) in [5, 5.41) is 3.95. The molecule has 0 radical (unpaired) electrons. The summed E-state index contributed by atoms with van der Waals surface area (Å²) in [5.74, 6) is 0.777. The van der Waals surface area contributed by atoms with Gasteiger partial charge in [0.15, 0.2) is 0 Å². The zero-order valence-electron chi connectivity index (χ0n) is 24.6. The van der Waals surface area contributed by atoms with Crippen molar-refractivity contribution in [1.29, 1.82) is 0 Å². The number of carbonyl (C=O) groups excluding carboxylic acids is 1. The van der Waals surface area contributed by atoms with Gasteiger partial charge in [0.05, 0.1) is 0 Å². The average molecular weight is 541 g/mol. The minimum Gasteiger partial charge on any atom is -0.355 e. The number of benzene rings is 1. The molecule has 0 bridgehead atoms. The molecule has 0 saturated carbocycles. The fourth-order valence-electron chi connectivity index (χ4n) is 5.84. The lowest BCUT2D eigenvalue weighted by Crippen LogP contribution is -2.31. The van der Waals surface area contributed by atoms with Crippen molar-refractivity contribution in [3.63, 3.8) is 0 Å². The number of hydrogen-bond acceptors (Lipinski definition) is 5. The number of fused-ring (bicyclic) bond motifs is 1. The minimum atomic E-state index is -0.202. The Morgan fingerprint density at radius 2 is 1.90 bits per heavy atom. The van der Waals surface area contributed by atoms with Crippen LogP contribution < -0.4 is 15.8 Å². The van der Waals surface area contributed by atoms with Gasteiger partial charge in [-0.05, 0) is 102 Å². The van der Waals surface area contributed by atoms with Crippen LogP contribution in [0.1, 0.15) is 59.1 Å². The van der Waals surface area contributed by atoms with Gasteiger partial charge < -0.3 is 24.7 Å². The van der Waals surface area contributed by atoms with E-state index in [1.54, 1.807) is 0 Å². The number of aryl methyl sites for hydroxylation is 3. The fourth-order valence-corrected chi connectivity index (χ4v) is 5.84. The van der Waals surface area contributed by atoms with Gasteiger partial charge in [0.1, 0.15) is 5.82 Å². The Morgan fingerprint density at radius 3 is 2.52 bits per heavy atom. The summed E-state index contributed by atoms with van der Waals surface area (Å²) in [6.07, 6.45) is 5.15. The molecule has 5 rings (SSSR count). The number of aromatic amines is 1. The molecule has 8 heteroatoms. The van der Waals surface area contributed by atoms with Crippen LogP contribution in [0, 0.1) is 20.8 Å². The highest BCUT2D eigenvalue weighted by Crippen LogP contribution is 2.33. The first-order valence-corrected chi connectivity index (χ1v) is 14.0. The van der Waals surface area contributed by atoms with Crippen LogP contribution in [0.4, 0.5) is 5.82 Å². The Morgan fingerprint density at radius 1 is 1.12 bits per heavy atom. The van der Waals surface area contributed by atoms with Gasteiger partial charge in [-0.3, -0.25) is 9.59 Å². The van der Waals surface area contributed by atoms with Gasteiger partial charge in [-0.25, -0.2) is 4.98 Å². The second-order valence-electron chi connectivity index (χ2n) is 11.6. The third-order valence-corrected chi connectivity index (χ3v) is 8.14. The third-order valence-electron chi connectivity index (χ3n) is 8.14. The molecule has 1 saturated heterocycles. The first-order chi connectivity index (χ1) is 19.0. The largest absolute Gasteiger partial charge is 0.355 e. The second kappa shape index (κ2) is 10.9. The molecule has 210 valence electrons. The van der Waals surface area contributed by atoms with Gasteiger partial charge >= 0.3 is 0 Å². The molecule has 1 amide bonds. The molecule has 4 heterocycles. The Labute approximate surface area is 236 Å². The summed E-state index contributed by atoms with van der Waals surface area (Å²) in [5.41, 5.74) is 6.63. The summed E-state index contributed by atoms with van der Waals surface area (Å²) in [6.45, 7) is 12.2. The maximum absolute atomic E-state index is 13.7. The van der Waals surface area contributed by atoms with Crippen molar-refractivity contribution < 1.29 is 4.79 Å². The summed E-state index contributed by atoms with van der Waals surface area (Å²) in [4.78, 5) is 38.5. The minimum absolute atomic E-state index is 0.163. The number of hydrogen-bond donors (Lipinski definition) is 2. The molecule has 2 N–H and O–H groups in total. The molecule has 1 fully saturated rings. The van der Waals surface area contributed by atoms with Gasteiger partial charge in [-0.15, -0.1) is 0 Å². The lowest BCUT2D eigenvalue weighted by molar-refractivity contribution is 0.0952. The van der Waals surface area contributed by atoms with Crippen LogP contribution in [-0.4, -0.2) is 58.6 Å². The lowest BCUT2D eigenvalue weighted by atomic mass is 9.98. The van der Waals surface area contributed by atoms with Crippen molar-refractivity contribution in [1.82, 2.24) is 24.8 Å². The molecule has 1 aliphatic rings. The normalized spacial score (nSPS) is 15.5. The van der Waals surface area contributed by atoms with E-state index in [-0.39, 0.29) is 24.1 Å². The predicted molar refractivity (Wildman–Crippen MR) is 162 cm³/mol. The fraction of sp³-hybridized carbons (Fsp3) is 0.406. The zero-order chi connectivity index (χ0) is 28.7. The molecule has 40 heavy (non-hydrogen) atoms. The number of aromatic nitrogens is 3. The van der Waals surface area contributed by atoms with Crippen molar-refractivity contribution >= 4 is 22.6 Å². The molecule has 1 aromatic carbocycles. The van der Waals surface area contributed by atoms with Crippen LogP contribution in [0.3, 0.4) is 0 Å². The Balaban J connectivity index is 1.50. The van der Waals surface area contributed by atoms with E-state index in [0.29, 0.717) is 17.2 Å². The highest BCUT2D eigenvalue weighted by atomic mass is 16.1. The van der Waals surface area contributed by atoms with E-state index in [9.17, 15) is 9.59 Å².